The molecular weight excluding hydrogens is 476 g/mol. The molecule has 0 aliphatic carbocycles. The molecule has 0 saturated heterocycles. The first kappa shape index (κ1) is 29.8. The lowest BCUT2D eigenvalue weighted by atomic mass is 9.99. The average molecular weight is 513 g/mol. The van der Waals surface area contributed by atoms with Gasteiger partial charge in [0, 0.05) is 12.2 Å². The molecule has 5 atom stereocenters. The quantitative estimate of drug-likeness (QED) is 0.190. The lowest BCUT2D eigenvalue weighted by Gasteiger charge is -2.25. The predicted molar refractivity (Wildman–Crippen MR) is 138 cm³/mol. The van der Waals surface area contributed by atoms with Gasteiger partial charge in [-0.05, 0) is 29.9 Å². The van der Waals surface area contributed by atoms with E-state index in [-0.39, 0.29) is 18.1 Å². The number of hydrogen-bond acceptors (Lipinski definition) is 7. The number of aliphatic carboxylic acids is 1. The Balaban J connectivity index is 2.86. The van der Waals surface area contributed by atoms with Crippen molar-refractivity contribution >= 4 is 48.1 Å². The summed E-state index contributed by atoms with van der Waals surface area (Å²) in [5, 5.41) is 17.3. The molecule has 6 N–H and O–H groups in total. The van der Waals surface area contributed by atoms with Crippen LogP contribution in [0.3, 0.4) is 0 Å². The van der Waals surface area contributed by atoms with Crippen LogP contribution in [0.2, 0.25) is 0 Å². The maximum Gasteiger partial charge on any atom is 0.326 e. The second-order valence-corrected chi connectivity index (χ2v) is 9.44. The van der Waals surface area contributed by atoms with Crippen molar-refractivity contribution in [3.05, 3.63) is 35.9 Å². The molecule has 0 radical (unpaired) electrons. The van der Waals surface area contributed by atoms with Crippen LogP contribution in [0.1, 0.15) is 32.3 Å². The minimum atomic E-state index is -1.19. The van der Waals surface area contributed by atoms with Crippen LogP contribution < -0.4 is 21.7 Å². The molecule has 11 heteroatoms. The summed E-state index contributed by atoms with van der Waals surface area (Å²) in [5.41, 5.74) is 6.74. The van der Waals surface area contributed by atoms with Gasteiger partial charge in [0.1, 0.15) is 18.1 Å². The topological polar surface area (TPSA) is 151 Å². The summed E-state index contributed by atoms with van der Waals surface area (Å²) in [7, 11) is 0. The second-order valence-electron chi connectivity index (χ2n) is 8.09. The van der Waals surface area contributed by atoms with Gasteiger partial charge in [0.25, 0.3) is 0 Å². The Kier molecular flexibility index (Phi) is 13.7. The number of hydrogen-bond donors (Lipinski definition) is 6. The fourth-order valence-corrected chi connectivity index (χ4v) is 3.80. The molecule has 0 heterocycles. The third kappa shape index (κ3) is 9.94. The van der Waals surface area contributed by atoms with Crippen LogP contribution in [0.25, 0.3) is 0 Å². The van der Waals surface area contributed by atoms with Crippen molar-refractivity contribution in [1.82, 2.24) is 16.0 Å². The van der Waals surface area contributed by atoms with E-state index in [1.807, 2.05) is 26.2 Å². The molecule has 0 saturated carbocycles. The summed E-state index contributed by atoms with van der Waals surface area (Å²) in [4.78, 5) is 49.9. The molecule has 0 aliphatic rings. The van der Waals surface area contributed by atoms with E-state index in [0.29, 0.717) is 18.6 Å². The summed E-state index contributed by atoms with van der Waals surface area (Å²) in [6.07, 6.45) is 3.03. The van der Waals surface area contributed by atoms with Crippen LogP contribution in [0.15, 0.2) is 30.3 Å². The molecule has 5 unspecified atom stereocenters. The lowest BCUT2D eigenvalue weighted by Crippen LogP contribution is -2.58. The molecule has 0 fully saturated rings. The van der Waals surface area contributed by atoms with Gasteiger partial charge >= 0.3 is 5.97 Å². The van der Waals surface area contributed by atoms with Crippen molar-refractivity contribution in [2.75, 3.05) is 17.8 Å². The molecule has 0 bridgehead atoms. The van der Waals surface area contributed by atoms with E-state index < -0.39 is 47.9 Å². The van der Waals surface area contributed by atoms with Crippen molar-refractivity contribution in [2.45, 2.75) is 57.3 Å². The second kappa shape index (κ2) is 15.6. The predicted octanol–water partition coefficient (Wildman–Crippen LogP) is 0.824. The van der Waals surface area contributed by atoms with Crippen LogP contribution in [0.4, 0.5) is 0 Å². The van der Waals surface area contributed by atoms with Crippen LogP contribution >= 0.6 is 24.4 Å². The molecule has 1 rings (SSSR count). The fourth-order valence-electron chi connectivity index (χ4n) is 3.07. The van der Waals surface area contributed by atoms with Gasteiger partial charge in [-0.1, -0.05) is 50.6 Å². The number of carboxylic acids is 1. The van der Waals surface area contributed by atoms with Gasteiger partial charge in [-0.25, -0.2) is 4.79 Å². The highest BCUT2D eigenvalue weighted by atomic mass is 32.2. The van der Waals surface area contributed by atoms with Crippen LogP contribution in [-0.2, 0) is 25.6 Å². The van der Waals surface area contributed by atoms with Crippen LogP contribution in [0.5, 0.6) is 0 Å². The Morgan fingerprint density at radius 1 is 1.00 bits per heavy atom. The Morgan fingerprint density at radius 3 is 2.09 bits per heavy atom. The average Bonchev–Trinajstić information content (AvgIpc) is 2.83. The number of carbonyl (C=O) groups is 4. The first-order chi connectivity index (χ1) is 16.1. The van der Waals surface area contributed by atoms with Crippen LogP contribution in [0, 0.1) is 5.92 Å². The van der Waals surface area contributed by atoms with Gasteiger partial charge < -0.3 is 26.8 Å². The molecule has 0 aliphatic heterocycles. The number of amides is 3. The number of nitrogens with two attached hydrogens (primary N) is 1. The molecule has 34 heavy (non-hydrogen) atoms. The SMILES string of the molecule is CCC(C)C(N)C(=O)NC(CCSC)C(=O)NC(CS)C(=O)NC(Cc1ccccc1)C(=O)O. The maximum absolute atomic E-state index is 12.9. The number of nitrogens with one attached hydrogen (secondary N) is 3. The smallest absolute Gasteiger partial charge is 0.326 e. The number of carboxylic acid groups (broad SMARTS) is 1. The summed E-state index contributed by atoms with van der Waals surface area (Å²) in [6, 6.07) is 5.02. The molecule has 9 nitrogen and oxygen atoms in total. The molecular formula is C23H36N4O5S2. The number of benzene rings is 1. The zero-order valence-electron chi connectivity index (χ0n) is 19.8. The van der Waals surface area contributed by atoms with Crippen molar-refractivity contribution in [1.29, 1.82) is 0 Å². The lowest BCUT2D eigenvalue weighted by molar-refractivity contribution is -0.142. The highest BCUT2D eigenvalue weighted by Gasteiger charge is 2.30. The van der Waals surface area contributed by atoms with Crippen molar-refractivity contribution in [3.63, 3.8) is 0 Å². The van der Waals surface area contributed by atoms with Gasteiger partial charge in [0.15, 0.2) is 0 Å². The molecule has 3 amide bonds. The molecule has 0 aromatic heterocycles. The zero-order chi connectivity index (χ0) is 25.7. The van der Waals surface area contributed by atoms with E-state index in [1.165, 1.54) is 11.8 Å². The summed E-state index contributed by atoms with van der Waals surface area (Å²) < 4.78 is 0. The van der Waals surface area contributed by atoms with Crippen molar-refractivity contribution in [2.24, 2.45) is 11.7 Å². The number of carbonyl (C=O) groups excluding carboxylic acids is 3. The third-order valence-electron chi connectivity index (χ3n) is 5.52. The van der Waals surface area contributed by atoms with Gasteiger partial charge in [-0.2, -0.15) is 24.4 Å². The highest BCUT2D eigenvalue weighted by Crippen LogP contribution is 2.08. The third-order valence-corrected chi connectivity index (χ3v) is 6.53. The zero-order valence-corrected chi connectivity index (χ0v) is 21.5. The molecule has 1 aromatic carbocycles. The Bertz CT molecular complexity index is 812. The van der Waals surface area contributed by atoms with E-state index >= 15 is 0 Å². The van der Waals surface area contributed by atoms with Gasteiger partial charge in [-0.3, -0.25) is 14.4 Å². The number of thiol groups is 1. The standard InChI is InChI=1S/C23H36N4O5S2/c1-4-14(2)19(24)22(30)25-16(10-11-34-3)20(28)27-18(13-33)21(29)26-17(23(31)32)12-15-8-6-5-7-9-15/h5-9,14,16-19,33H,4,10-13,24H2,1-3H3,(H,25,30)(H,26,29)(H,27,28)(H,31,32). The summed E-state index contributed by atoms with van der Waals surface area (Å²) >= 11 is 5.66. The normalized spacial score (nSPS) is 15.3. The van der Waals surface area contributed by atoms with E-state index in [4.69, 9.17) is 5.73 Å². The highest BCUT2D eigenvalue weighted by molar-refractivity contribution is 7.98. The van der Waals surface area contributed by atoms with Crippen molar-refractivity contribution in [3.8, 4) is 0 Å². The largest absolute Gasteiger partial charge is 0.480 e. The van der Waals surface area contributed by atoms with E-state index in [2.05, 4.69) is 28.6 Å². The Morgan fingerprint density at radius 2 is 1.56 bits per heavy atom. The maximum atomic E-state index is 12.9. The van der Waals surface area contributed by atoms with E-state index in [0.717, 1.165) is 5.56 Å². The minimum absolute atomic E-state index is 0.0508. The summed E-state index contributed by atoms with van der Waals surface area (Å²) in [6.45, 7) is 3.78. The van der Waals surface area contributed by atoms with Crippen LogP contribution in [-0.4, -0.2) is 70.7 Å². The molecule has 0 spiro atoms. The molecule has 1 aromatic rings. The number of rotatable bonds is 15. The van der Waals surface area contributed by atoms with E-state index in [9.17, 15) is 24.3 Å². The first-order valence-corrected chi connectivity index (χ1v) is 13.2. The van der Waals surface area contributed by atoms with Gasteiger partial charge in [0.2, 0.25) is 17.7 Å². The number of thioether (sulfide) groups is 1. The Hall–Kier alpha value is -2.24. The van der Waals surface area contributed by atoms with E-state index in [1.54, 1.807) is 24.3 Å². The van der Waals surface area contributed by atoms with Gasteiger partial charge in [0.05, 0.1) is 6.04 Å². The summed E-state index contributed by atoms with van der Waals surface area (Å²) in [5.74, 6) is -2.35. The molecule has 190 valence electrons. The van der Waals surface area contributed by atoms with Crippen molar-refractivity contribution < 1.29 is 24.3 Å². The Labute approximate surface area is 210 Å². The van der Waals surface area contributed by atoms with Gasteiger partial charge in [-0.15, -0.1) is 0 Å². The minimum Gasteiger partial charge on any atom is -0.480 e. The monoisotopic (exact) mass is 512 g/mol. The fraction of sp³-hybridized carbons (Fsp3) is 0.565. The first-order valence-electron chi connectivity index (χ1n) is 11.2.